The van der Waals surface area contributed by atoms with E-state index in [1.807, 2.05) is 44.2 Å². The maximum Gasteiger partial charge on any atom is 0.246 e. The van der Waals surface area contributed by atoms with Crippen LogP contribution in [0.1, 0.15) is 11.1 Å². The van der Waals surface area contributed by atoms with Gasteiger partial charge in [0.25, 0.3) is 0 Å². The second-order valence-corrected chi connectivity index (χ2v) is 6.26. The van der Waals surface area contributed by atoms with E-state index in [1.165, 1.54) is 5.56 Å². The Bertz CT molecular complexity index is 734. The SMILES string of the molecule is Cc1ccc(NC2NNNC2C(=O)Nc2cc(Cl)ccc2C)cc1. The van der Waals surface area contributed by atoms with Gasteiger partial charge in [-0.05, 0) is 43.7 Å². The Morgan fingerprint density at radius 1 is 1.08 bits per heavy atom. The fraction of sp³-hybridized carbons (Fsp3) is 0.235. The second kappa shape index (κ2) is 7.19. The van der Waals surface area contributed by atoms with E-state index >= 15 is 0 Å². The van der Waals surface area contributed by atoms with Gasteiger partial charge < -0.3 is 10.6 Å². The number of hydrazine groups is 2. The summed E-state index contributed by atoms with van der Waals surface area (Å²) in [5.74, 6) is -0.164. The lowest BCUT2D eigenvalue weighted by Gasteiger charge is -2.20. The second-order valence-electron chi connectivity index (χ2n) is 5.83. The van der Waals surface area contributed by atoms with Crippen LogP contribution >= 0.6 is 11.6 Å². The van der Waals surface area contributed by atoms with Crippen LogP contribution in [0.5, 0.6) is 0 Å². The summed E-state index contributed by atoms with van der Waals surface area (Å²) in [4.78, 5) is 12.6. The maximum absolute atomic E-state index is 12.6. The Morgan fingerprint density at radius 3 is 2.58 bits per heavy atom. The molecule has 2 unspecified atom stereocenters. The highest BCUT2D eigenvalue weighted by atomic mass is 35.5. The van der Waals surface area contributed by atoms with E-state index in [2.05, 4.69) is 27.0 Å². The average molecular weight is 346 g/mol. The highest BCUT2D eigenvalue weighted by Crippen LogP contribution is 2.21. The van der Waals surface area contributed by atoms with Crippen molar-refractivity contribution in [1.82, 2.24) is 16.4 Å². The van der Waals surface area contributed by atoms with Gasteiger partial charge in [0.05, 0.1) is 0 Å². The van der Waals surface area contributed by atoms with Gasteiger partial charge in [0.15, 0.2) is 0 Å². The maximum atomic E-state index is 12.6. The first kappa shape index (κ1) is 16.7. The van der Waals surface area contributed by atoms with Crippen molar-refractivity contribution >= 4 is 28.9 Å². The van der Waals surface area contributed by atoms with Crippen molar-refractivity contribution in [2.45, 2.75) is 26.1 Å². The van der Waals surface area contributed by atoms with Crippen LogP contribution in [0.25, 0.3) is 0 Å². The lowest BCUT2D eigenvalue weighted by atomic mass is 10.1. The third-order valence-corrected chi connectivity index (χ3v) is 4.14. The fourth-order valence-electron chi connectivity index (χ4n) is 2.47. The zero-order valence-corrected chi connectivity index (χ0v) is 14.2. The molecule has 0 bridgehead atoms. The fourth-order valence-corrected chi connectivity index (χ4v) is 2.64. The number of aryl methyl sites for hydroxylation is 2. The van der Waals surface area contributed by atoms with E-state index < -0.39 is 6.04 Å². The van der Waals surface area contributed by atoms with Gasteiger partial charge in [0, 0.05) is 16.4 Å². The lowest BCUT2D eigenvalue weighted by molar-refractivity contribution is -0.118. The summed E-state index contributed by atoms with van der Waals surface area (Å²) in [6.45, 7) is 3.96. The number of carbonyl (C=O) groups is 1. The molecular weight excluding hydrogens is 326 g/mol. The van der Waals surface area contributed by atoms with Gasteiger partial charge in [-0.2, -0.15) is 5.53 Å². The molecule has 0 saturated carbocycles. The Labute approximate surface area is 145 Å². The first-order valence-corrected chi connectivity index (χ1v) is 8.07. The number of hydrogen-bond acceptors (Lipinski definition) is 5. The number of benzene rings is 2. The van der Waals surface area contributed by atoms with Gasteiger partial charge >= 0.3 is 0 Å². The minimum Gasteiger partial charge on any atom is -0.367 e. The molecule has 1 aliphatic rings. The van der Waals surface area contributed by atoms with E-state index in [9.17, 15) is 4.79 Å². The summed E-state index contributed by atoms with van der Waals surface area (Å²) in [7, 11) is 0. The van der Waals surface area contributed by atoms with Crippen LogP contribution in [-0.2, 0) is 4.79 Å². The van der Waals surface area contributed by atoms with E-state index in [4.69, 9.17) is 11.6 Å². The molecule has 2 aromatic carbocycles. The largest absolute Gasteiger partial charge is 0.367 e. The summed E-state index contributed by atoms with van der Waals surface area (Å²) in [6.07, 6.45) is -0.299. The van der Waals surface area contributed by atoms with Crippen molar-refractivity contribution in [2.24, 2.45) is 0 Å². The molecule has 126 valence electrons. The highest BCUT2D eigenvalue weighted by molar-refractivity contribution is 6.31. The Hall–Kier alpha value is -2.12. The van der Waals surface area contributed by atoms with Crippen molar-refractivity contribution in [3.05, 3.63) is 58.6 Å². The molecule has 0 aromatic heterocycles. The van der Waals surface area contributed by atoms with E-state index in [-0.39, 0.29) is 12.1 Å². The van der Waals surface area contributed by atoms with Crippen LogP contribution in [0.2, 0.25) is 5.02 Å². The summed E-state index contributed by atoms with van der Waals surface area (Å²) in [5, 5.41) is 6.78. The first-order valence-electron chi connectivity index (χ1n) is 7.69. The Balaban J connectivity index is 1.69. The molecule has 0 aliphatic carbocycles. The molecule has 5 N–H and O–H groups in total. The van der Waals surface area contributed by atoms with Crippen molar-refractivity contribution in [3.8, 4) is 0 Å². The normalized spacial score (nSPS) is 20.0. The number of amides is 1. The third kappa shape index (κ3) is 3.85. The molecule has 24 heavy (non-hydrogen) atoms. The molecule has 1 saturated heterocycles. The van der Waals surface area contributed by atoms with Crippen molar-refractivity contribution in [3.63, 3.8) is 0 Å². The van der Waals surface area contributed by atoms with Gasteiger partial charge in [0.1, 0.15) is 12.2 Å². The molecule has 3 rings (SSSR count). The van der Waals surface area contributed by atoms with Crippen LogP contribution in [0, 0.1) is 13.8 Å². The summed E-state index contributed by atoms with van der Waals surface area (Å²) >= 11 is 6.00. The molecule has 2 aromatic rings. The number of carbonyl (C=O) groups excluding carboxylic acids is 1. The summed E-state index contributed by atoms with van der Waals surface area (Å²) in [6, 6.07) is 12.9. The average Bonchev–Trinajstić information content (AvgIpc) is 3.01. The Morgan fingerprint density at radius 2 is 1.83 bits per heavy atom. The monoisotopic (exact) mass is 345 g/mol. The molecule has 1 aliphatic heterocycles. The molecule has 7 heteroatoms. The van der Waals surface area contributed by atoms with Gasteiger partial charge in [0.2, 0.25) is 5.91 Å². The first-order chi connectivity index (χ1) is 11.5. The van der Waals surface area contributed by atoms with E-state index in [0.717, 1.165) is 11.3 Å². The smallest absolute Gasteiger partial charge is 0.246 e. The minimum atomic E-state index is -0.496. The topological polar surface area (TPSA) is 77.2 Å². The van der Waals surface area contributed by atoms with Crippen molar-refractivity contribution < 1.29 is 4.79 Å². The number of halogens is 1. The highest BCUT2D eigenvalue weighted by Gasteiger charge is 2.33. The quantitative estimate of drug-likeness (QED) is 0.588. The molecule has 1 heterocycles. The third-order valence-electron chi connectivity index (χ3n) is 3.90. The Kier molecular flexibility index (Phi) is 5.01. The predicted octanol–water partition coefficient (Wildman–Crippen LogP) is 2.31. The van der Waals surface area contributed by atoms with Crippen LogP contribution in [0.4, 0.5) is 11.4 Å². The number of anilines is 2. The molecule has 1 amide bonds. The molecule has 6 nitrogen and oxygen atoms in total. The molecule has 2 atom stereocenters. The number of rotatable bonds is 4. The van der Waals surface area contributed by atoms with Gasteiger partial charge in [-0.25, -0.2) is 10.9 Å². The van der Waals surface area contributed by atoms with E-state index in [0.29, 0.717) is 10.7 Å². The summed E-state index contributed by atoms with van der Waals surface area (Å²) in [5.41, 5.74) is 12.5. The zero-order valence-electron chi connectivity index (χ0n) is 13.5. The molecule has 1 fully saturated rings. The van der Waals surface area contributed by atoms with Crippen molar-refractivity contribution in [2.75, 3.05) is 10.6 Å². The lowest BCUT2D eigenvalue weighted by Crippen LogP contribution is -2.48. The number of nitrogens with one attached hydrogen (secondary N) is 5. The van der Waals surface area contributed by atoms with Gasteiger partial charge in [-0.3, -0.25) is 4.79 Å². The van der Waals surface area contributed by atoms with Gasteiger partial charge in [-0.1, -0.05) is 35.4 Å². The standard InChI is InChI=1S/C17H20ClN5O/c1-10-3-7-13(8-4-10)19-16-15(21-23-22-16)17(24)20-14-9-12(18)6-5-11(14)2/h3-9,15-16,19,21-23H,1-2H3,(H,20,24). The molecular formula is C17H20ClN5O. The molecule has 0 spiro atoms. The summed E-state index contributed by atoms with van der Waals surface area (Å²) < 4.78 is 0. The van der Waals surface area contributed by atoms with Crippen LogP contribution in [0.3, 0.4) is 0 Å². The van der Waals surface area contributed by atoms with Crippen LogP contribution in [-0.4, -0.2) is 18.1 Å². The minimum absolute atomic E-state index is 0.164. The number of hydrogen-bond donors (Lipinski definition) is 5. The molecule has 0 radical (unpaired) electrons. The zero-order chi connectivity index (χ0) is 17.1. The van der Waals surface area contributed by atoms with Crippen LogP contribution in [0.15, 0.2) is 42.5 Å². The van der Waals surface area contributed by atoms with Crippen molar-refractivity contribution in [1.29, 1.82) is 0 Å². The van der Waals surface area contributed by atoms with Gasteiger partial charge in [-0.15, -0.1) is 0 Å². The van der Waals surface area contributed by atoms with Crippen LogP contribution < -0.4 is 27.0 Å². The predicted molar refractivity (Wildman–Crippen MR) is 96.6 cm³/mol. The van der Waals surface area contributed by atoms with E-state index in [1.54, 1.807) is 12.1 Å².